The van der Waals surface area contributed by atoms with Crippen LogP contribution in [0.5, 0.6) is 0 Å². The smallest absolute Gasteiger partial charge is 0.408 e. The standard InChI is InChI=1S/C9H18N2O3.ClH/c1-9(2,3)14-8(13)11-6-4-10-5-7(6)12;/h6-7,10,12H,4-5H2,1-3H3,(H,11,13);1H/t6-,7+;/m1./s1. The van der Waals surface area contributed by atoms with Crippen LogP contribution in [0.2, 0.25) is 0 Å². The fourth-order valence-electron chi connectivity index (χ4n) is 1.27. The molecule has 15 heavy (non-hydrogen) atoms. The van der Waals surface area contributed by atoms with Crippen LogP contribution in [0.25, 0.3) is 0 Å². The Hall–Kier alpha value is -0.520. The first-order valence-corrected chi connectivity index (χ1v) is 4.77. The Kier molecular flexibility index (Phi) is 5.34. The van der Waals surface area contributed by atoms with Crippen molar-refractivity contribution in [2.24, 2.45) is 0 Å². The van der Waals surface area contributed by atoms with Gasteiger partial charge in [-0.25, -0.2) is 4.79 Å². The molecule has 0 bridgehead atoms. The van der Waals surface area contributed by atoms with Gasteiger partial charge in [-0.15, -0.1) is 12.4 Å². The van der Waals surface area contributed by atoms with Crippen LogP contribution in [-0.4, -0.2) is 42.0 Å². The van der Waals surface area contributed by atoms with E-state index in [9.17, 15) is 9.90 Å². The minimum Gasteiger partial charge on any atom is -0.444 e. The maximum absolute atomic E-state index is 11.3. The van der Waals surface area contributed by atoms with Crippen LogP contribution < -0.4 is 10.6 Å². The maximum atomic E-state index is 11.3. The molecule has 2 atom stereocenters. The van der Waals surface area contributed by atoms with Crippen molar-refractivity contribution < 1.29 is 14.6 Å². The second-order valence-corrected chi connectivity index (χ2v) is 4.48. The van der Waals surface area contributed by atoms with Gasteiger partial charge in [0.2, 0.25) is 0 Å². The van der Waals surface area contributed by atoms with E-state index in [0.717, 1.165) is 0 Å². The highest BCUT2D eigenvalue weighted by atomic mass is 35.5. The molecule has 0 radical (unpaired) electrons. The number of aliphatic hydroxyl groups excluding tert-OH is 1. The summed E-state index contributed by atoms with van der Waals surface area (Å²) in [6.07, 6.45) is -1.01. The summed E-state index contributed by atoms with van der Waals surface area (Å²) >= 11 is 0. The van der Waals surface area contributed by atoms with Gasteiger partial charge in [-0.3, -0.25) is 0 Å². The largest absolute Gasteiger partial charge is 0.444 e. The number of carbonyl (C=O) groups is 1. The normalized spacial score (nSPS) is 25.6. The number of nitrogens with one attached hydrogen (secondary N) is 2. The Morgan fingerprint density at radius 1 is 1.47 bits per heavy atom. The number of hydrogen-bond donors (Lipinski definition) is 3. The molecule has 1 saturated heterocycles. The van der Waals surface area contributed by atoms with E-state index in [4.69, 9.17) is 4.74 Å². The van der Waals surface area contributed by atoms with Crippen LogP contribution in [0.1, 0.15) is 20.8 Å². The van der Waals surface area contributed by atoms with Crippen LogP contribution in [0.3, 0.4) is 0 Å². The number of ether oxygens (including phenoxy) is 1. The van der Waals surface area contributed by atoms with Gasteiger partial charge in [0.05, 0.1) is 12.1 Å². The predicted molar refractivity (Wildman–Crippen MR) is 59.3 cm³/mol. The zero-order valence-electron chi connectivity index (χ0n) is 9.24. The predicted octanol–water partition coefficient (Wildman–Crippen LogP) is 0.266. The van der Waals surface area contributed by atoms with Gasteiger partial charge >= 0.3 is 6.09 Å². The fraction of sp³-hybridized carbons (Fsp3) is 0.889. The zero-order valence-corrected chi connectivity index (χ0v) is 10.1. The molecule has 1 aliphatic rings. The topological polar surface area (TPSA) is 70.6 Å². The number of β-amino-alcohol motifs (C(OH)–C–C–N with tert-alkyl or cyclic N) is 1. The quantitative estimate of drug-likeness (QED) is 0.613. The third-order valence-corrected chi connectivity index (χ3v) is 1.88. The van der Waals surface area contributed by atoms with Gasteiger partial charge < -0.3 is 20.5 Å². The monoisotopic (exact) mass is 238 g/mol. The lowest BCUT2D eigenvalue weighted by Gasteiger charge is -2.22. The summed E-state index contributed by atoms with van der Waals surface area (Å²) in [5.41, 5.74) is -0.499. The third kappa shape index (κ3) is 5.20. The molecule has 0 spiro atoms. The number of hydrogen-bond acceptors (Lipinski definition) is 4. The van der Waals surface area contributed by atoms with E-state index >= 15 is 0 Å². The Labute approximate surface area is 96.0 Å². The lowest BCUT2D eigenvalue weighted by Crippen LogP contribution is -2.45. The Morgan fingerprint density at radius 3 is 2.47 bits per heavy atom. The summed E-state index contributed by atoms with van der Waals surface area (Å²) in [6, 6.07) is -0.246. The van der Waals surface area contributed by atoms with Crippen LogP contribution >= 0.6 is 12.4 Å². The lowest BCUT2D eigenvalue weighted by molar-refractivity contribution is 0.0461. The molecule has 1 heterocycles. The third-order valence-electron chi connectivity index (χ3n) is 1.88. The Bertz CT molecular complexity index is 218. The van der Waals surface area contributed by atoms with Crippen LogP contribution in [0, 0.1) is 0 Å². The lowest BCUT2D eigenvalue weighted by atomic mass is 10.2. The van der Waals surface area contributed by atoms with Crippen LogP contribution in [0.15, 0.2) is 0 Å². The number of alkyl carbamates (subject to hydrolysis) is 1. The van der Waals surface area contributed by atoms with Crippen molar-refractivity contribution in [2.45, 2.75) is 38.5 Å². The van der Waals surface area contributed by atoms with E-state index in [2.05, 4.69) is 10.6 Å². The van der Waals surface area contributed by atoms with Gasteiger partial charge in [0.1, 0.15) is 5.60 Å². The number of rotatable bonds is 1. The SMILES string of the molecule is CC(C)(C)OC(=O)N[C@@H]1CNC[C@@H]1O.Cl. The van der Waals surface area contributed by atoms with Crippen LogP contribution in [-0.2, 0) is 4.74 Å². The number of aliphatic hydroxyl groups is 1. The van der Waals surface area contributed by atoms with E-state index in [0.29, 0.717) is 13.1 Å². The van der Waals surface area contributed by atoms with Gasteiger partial charge in [0.15, 0.2) is 0 Å². The minimum atomic E-state index is -0.525. The van der Waals surface area contributed by atoms with Crippen LogP contribution in [0.4, 0.5) is 4.79 Å². The molecule has 0 aromatic carbocycles. The van der Waals surface area contributed by atoms with Crippen molar-refractivity contribution in [3.05, 3.63) is 0 Å². The van der Waals surface area contributed by atoms with Crippen molar-refractivity contribution >= 4 is 18.5 Å². The van der Waals surface area contributed by atoms with Gasteiger partial charge in [0, 0.05) is 13.1 Å². The van der Waals surface area contributed by atoms with Crippen molar-refractivity contribution in [3.63, 3.8) is 0 Å². The molecular formula is C9H19ClN2O3. The number of carbonyl (C=O) groups excluding carboxylic acids is 1. The van der Waals surface area contributed by atoms with Gasteiger partial charge in [-0.2, -0.15) is 0 Å². The molecule has 6 heteroatoms. The van der Waals surface area contributed by atoms with Crippen molar-refractivity contribution in [3.8, 4) is 0 Å². The molecule has 0 aromatic heterocycles. The molecule has 90 valence electrons. The van der Waals surface area contributed by atoms with Gasteiger partial charge in [-0.1, -0.05) is 0 Å². The molecule has 0 aliphatic carbocycles. The van der Waals surface area contributed by atoms with Gasteiger partial charge in [0.25, 0.3) is 0 Å². The molecule has 1 fully saturated rings. The molecule has 0 unspecified atom stereocenters. The highest BCUT2D eigenvalue weighted by Gasteiger charge is 2.28. The Balaban J connectivity index is 0.00000196. The first-order valence-electron chi connectivity index (χ1n) is 4.77. The highest BCUT2D eigenvalue weighted by Crippen LogP contribution is 2.07. The first-order chi connectivity index (χ1) is 6.38. The van der Waals surface area contributed by atoms with E-state index in [1.54, 1.807) is 20.8 Å². The minimum absolute atomic E-state index is 0. The number of amides is 1. The van der Waals surface area contributed by atoms with E-state index in [1.165, 1.54) is 0 Å². The van der Waals surface area contributed by atoms with E-state index in [1.807, 2.05) is 0 Å². The summed E-state index contributed by atoms with van der Waals surface area (Å²) in [4.78, 5) is 11.3. The maximum Gasteiger partial charge on any atom is 0.408 e. The van der Waals surface area contributed by atoms with Crippen molar-refractivity contribution in [2.75, 3.05) is 13.1 Å². The summed E-state index contributed by atoms with van der Waals surface area (Å²) in [5, 5.41) is 15.0. The molecule has 1 rings (SSSR count). The summed E-state index contributed by atoms with van der Waals surface area (Å²) in [7, 11) is 0. The molecule has 1 aliphatic heterocycles. The molecular weight excluding hydrogens is 220 g/mol. The average molecular weight is 239 g/mol. The molecule has 0 aromatic rings. The first kappa shape index (κ1) is 14.5. The zero-order chi connectivity index (χ0) is 10.8. The summed E-state index contributed by atoms with van der Waals surface area (Å²) < 4.78 is 5.06. The van der Waals surface area contributed by atoms with Gasteiger partial charge in [-0.05, 0) is 20.8 Å². The average Bonchev–Trinajstić information content (AvgIpc) is 2.32. The molecule has 3 N–H and O–H groups in total. The van der Waals surface area contributed by atoms with E-state index in [-0.39, 0.29) is 18.4 Å². The van der Waals surface area contributed by atoms with Crippen molar-refractivity contribution in [1.82, 2.24) is 10.6 Å². The summed E-state index contributed by atoms with van der Waals surface area (Å²) in [5.74, 6) is 0. The molecule has 1 amide bonds. The number of halogens is 1. The van der Waals surface area contributed by atoms with Crippen molar-refractivity contribution in [1.29, 1.82) is 0 Å². The molecule has 5 nitrogen and oxygen atoms in total. The highest BCUT2D eigenvalue weighted by molar-refractivity contribution is 5.85. The fourth-order valence-corrected chi connectivity index (χ4v) is 1.27. The summed E-state index contributed by atoms with van der Waals surface area (Å²) in [6.45, 7) is 6.50. The molecule has 0 saturated carbocycles. The van der Waals surface area contributed by atoms with E-state index < -0.39 is 17.8 Å². The second-order valence-electron chi connectivity index (χ2n) is 4.48. The Morgan fingerprint density at radius 2 is 2.07 bits per heavy atom. The second kappa shape index (κ2) is 5.53.